The molecule has 0 saturated carbocycles. The number of hydrogen-bond donors (Lipinski definition) is 2. The molecule has 0 aliphatic rings. The fraction of sp³-hybridized carbons (Fsp3) is 0.0500. The van der Waals surface area contributed by atoms with Crippen molar-refractivity contribution in [2.24, 2.45) is 5.10 Å². The van der Waals surface area contributed by atoms with Gasteiger partial charge in [-0.15, -0.1) is 0 Å². The van der Waals surface area contributed by atoms with Gasteiger partial charge in [0.1, 0.15) is 23.6 Å². The van der Waals surface area contributed by atoms with Gasteiger partial charge in [0.2, 0.25) is 0 Å². The summed E-state index contributed by atoms with van der Waals surface area (Å²) in [4.78, 5) is 26.0. The van der Waals surface area contributed by atoms with Crippen LogP contribution in [0.25, 0.3) is 0 Å². The molecule has 2 N–H and O–H groups in total. The van der Waals surface area contributed by atoms with Crippen molar-refractivity contribution in [2.75, 3.05) is 17.3 Å². The van der Waals surface area contributed by atoms with Gasteiger partial charge in [0.25, 0.3) is 11.6 Å². The highest BCUT2D eigenvalue weighted by Gasteiger charge is 2.07. The number of pyridine rings is 1. The first kappa shape index (κ1) is 20.4. The van der Waals surface area contributed by atoms with Gasteiger partial charge in [-0.25, -0.2) is 9.37 Å². The van der Waals surface area contributed by atoms with Crippen LogP contribution in [-0.4, -0.2) is 28.6 Å². The van der Waals surface area contributed by atoms with Crippen molar-refractivity contribution in [2.45, 2.75) is 0 Å². The fourth-order valence-corrected chi connectivity index (χ4v) is 2.32. The molecule has 0 saturated heterocycles. The van der Waals surface area contributed by atoms with Crippen molar-refractivity contribution in [1.29, 1.82) is 0 Å². The summed E-state index contributed by atoms with van der Waals surface area (Å²) in [6.07, 6.45) is 2.59. The van der Waals surface area contributed by atoms with Crippen molar-refractivity contribution in [3.05, 3.63) is 88.4 Å². The predicted octanol–water partition coefficient (Wildman–Crippen LogP) is 3.59. The zero-order valence-electron chi connectivity index (χ0n) is 15.5. The molecule has 1 aromatic heterocycles. The molecular weight excluding hydrogens is 393 g/mol. The molecule has 3 aromatic rings. The van der Waals surface area contributed by atoms with E-state index in [4.69, 9.17) is 4.74 Å². The molecule has 2 aromatic carbocycles. The summed E-state index contributed by atoms with van der Waals surface area (Å²) in [7, 11) is 0. The van der Waals surface area contributed by atoms with E-state index < -0.39 is 16.6 Å². The van der Waals surface area contributed by atoms with Gasteiger partial charge < -0.3 is 10.1 Å². The van der Waals surface area contributed by atoms with E-state index in [1.54, 1.807) is 24.3 Å². The monoisotopic (exact) mass is 409 g/mol. The summed E-state index contributed by atoms with van der Waals surface area (Å²) in [5.41, 5.74) is 3.59. The van der Waals surface area contributed by atoms with E-state index in [1.165, 1.54) is 42.6 Å². The van der Waals surface area contributed by atoms with E-state index in [2.05, 4.69) is 20.8 Å². The molecule has 152 valence electrons. The second-order valence-electron chi connectivity index (χ2n) is 5.91. The Morgan fingerprint density at radius 1 is 1.17 bits per heavy atom. The number of benzene rings is 2. The minimum atomic E-state index is -0.542. The second kappa shape index (κ2) is 9.73. The van der Waals surface area contributed by atoms with Crippen LogP contribution < -0.4 is 15.5 Å². The Bertz CT molecular complexity index is 1060. The predicted molar refractivity (Wildman–Crippen MR) is 109 cm³/mol. The number of para-hydroxylation sites is 1. The maximum atomic E-state index is 12.9. The van der Waals surface area contributed by atoms with Crippen LogP contribution in [0.4, 0.5) is 21.6 Å². The normalized spacial score (nSPS) is 10.6. The highest BCUT2D eigenvalue weighted by atomic mass is 19.1. The lowest BCUT2D eigenvalue weighted by Gasteiger charge is -2.09. The fourth-order valence-electron chi connectivity index (χ4n) is 2.32. The van der Waals surface area contributed by atoms with Crippen molar-refractivity contribution >= 4 is 29.3 Å². The van der Waals surface area contributed by atoms with E-state index >= 15 is 0 Å². The summed E-state index contributed by atoms with van der Waals surface area (Å²) >= 11 is 0. The van der Waals surface area contributed by atoms with Gasteiger partial charge >= 0.3 is 0 Å². The third-order valence-electron chi connectivity index (χ3n) is 3.75. The van der Waals surface area contributed by atoms with Crippen molar-refractivity contribution in [1.82, 2.24) is 4.98 Å². The average molecular weight is 409 g/mol. The number of carbonyl (C=O) groups is 1. The lowest BCUT2D eigenvalue weighted by molar-refractivity contribution is -0.385. The van der Waals surface area contributed by atoms with Gasteiger partial charge in [-0.1, -0.05) is 12.1 Å². The zero-order valence-corrected chi connectivity index (χ0v) is 15.5. The third-order valence-corrected chi connectivity index (χ3v) is 3.75. The maximum Gasteiger partial charge on any atom is 0.287 e. The van der Waals surface area contributed by atoms with Crippen molar-refractivity contribution in [3.8, 4) is 5.75 Å². The maximum absolute atomic E-state index is 12.9. The molecule has 0 unspecified atom stereocenters. The molecule has 0 atom stereocenters. The molecule has 0 bridgehead atoms. The van der Waals surface area contributed by atoms with Crippen molar-refractivity contribution in [3.63, 3.8) is 0 Å². The van der Waals surface area contributed by atoms with Gasteiger partial charge in [0.05, 0.1) is 11.1 Å². The number of hydrazone groups is 1. The van der Waals surface area contributed by atoms with E-state index in [9.17, 15) is 19.3 Å². The zero-order chi connectivity index (χ0) is 21.3. The Morgan fingerprint density at radius 3 is 2.63 bits per heavy atom. The van der Waals surface area contributed by atoms with Gasteiger partial charge in [0.15, 0.2) is 6.61 Å². The first-order chi connectivity index (χ1) is 14.5. The molecule has 0 aliphatic carbocycles. The minimum Gasteiger partial charge on any atom is -0.483 e. The lowest BCUT2D eigenvalue weighted by atomic mass is 10.2. The molecule has 0 fully saturated rings. The molecule has 1 amide bonds. The smallest absolute Gasteiger partial charge is 0.287 e. The number of anilines is 2. The molecular formula is C20H16FN5O4. The summed E-state index contributed by atoms with van der Waals surface area (Å²) in [5, 5.41) is 17.3. The molecule has 1 heterocycles. The van der Waals surface area contributed by atoms with E-state index in [-0.39, 0.29) is 12.3 Å². The number of rotatable bonds is 8. The number of carbonyl (C=O) groups excluding carboxylic acids is 1. The van der Waals surface area contributed by atoms with Crippen LogP contribution in [0.15, 0.2) is 72.0 Å². The van der Waals surface area contributed by atoms with Crippen LogP contribution in [0.2, 0.25) is 0 Å². The molecule has 0 spiro atoms. The lowest BCUT2D eigenvalue weighted by Crippen LogP contribution is -2.20. The molecule has 9 nitrogen and oxygen atoms in total. The molecule has 0 aliphatic heterocycles. The van der Waals surface area contributed by atoms with Crippen LogP contribution >= 0.6 is 0 Å². The number of hydrogen-bond acceptors (Lipinski definition) is 7. The first-order valence-corrected chi connectivity index (χ1v) is 8.68. The topological polar surface area (TPSA) is 119 Å². The number of amides is 1. The summed E-state index contributed by atoms with van der Waals surface area (Å²) in [6.45, 7) is -0.250. The highest BCUT2D eigenvalue weighted by molar-refractivity contribution is 5.92. The highest BCUT2D eigenvalue weighted by Crippen LogP contribution is 2.17. The number of aromatic nitrogens is 1. The Kier molecular flexibility index (Phi) is 6.62. The van der Waals surface area contributed by atoms with Crippen LogP contribution in [-0.2, 0) is 4.79 Å². The summed E-state index contributed by atoms with van der Waals surface area (Å²) in [6, 6.07) is 15.1. The van der Waals surface area contributed by atoms with E-state index in [0.29, 0.717) is 22.8 Å². The molecule has 10 heteroatoms. The third kappa shape index (κ3) is 5.83. The summed E-state index contributed by atoms with van der Waals surface area (Å²) < 4.78 is 18.5. The number of nitro groups is 1. The van der Waals surface area contributed by atoms with Gasteiger partial charge in [0, 0.05) is 17.3 Å². The number of ether oxygens (including phenoxy) is 1. The Hall–Kier alpha value is -4.34. The van der Waals surface area contributed by atoms with Gasteiger partial charge in [-0.2, -0.15) is 5.10 Å². The Morgan fingerprint density at radius 2 is 1.93 bits per heavy atom. The standard InChI is InChI=1S/C20H16FN5O4/c21-15-5-7-16(8-6-15)24-20(27)13-30-18-4-2-1-3-14(18)11-23-25-19-10-9-17(12-22-19)26(28)29/h1-12H,13H2,(H,22,25)(H,24,27)/b23-11+. The Balaban J connectivity index is 1.57. The second-order valence-corrected chi connectivity index (χ2v) is 5.91. The molecule has 0 radical (unpaired) electrons. The number of nitrogens with one attached hydrogen (secondary N) is 2. The average Bonchev–Trinajstić information content (AvgIpc) is 2.75. The van der Waals surface area contributed by atoms with Gasteiger partial charge in [-0.3, -0.25) is 20.3 Å². The van der Waals surface area contributed by atoms with Gasteiger partial charge in [-0.05, 0) is 42.5 Å². The van der Waals surface area contributed by atoms with E-state index in [0.717, 1.165) is 6.20 Å². The Labute approximate surface area is 170 Å². The quantitative estimate of drug-likeness (QED) is 0.333. The van der Waals surface area contributed by atoms with Crippen LogP contribution in [0, 0.1) is 15.9 Å². The minimum absolute atomic E-state index is 0.123. The van der Waals surface area contributed by atoms with Crippen molar-refractivity contribution < 1.29 is 18.8 Å². The summed E-state index contributed by atoms with van der Waals surface area (Å²) in [5.74, 6) is -0.0422. The molecule has 3 rings (SSSR count). The first-order valence-electron chi connectivity index (χ1n) is 8.68. The van der Waals surface area contributed by atoms with Crippen LogP contribution in [0.5, 0.6) is 5.75 Å². The molecule has 30 heavy (non-hydrogen) atoms. The van der Waals surface area contributed by atoms with Crippen LogP contribution in [0.3, 0.4) is 0 Å². The van der Waals surface area contributed by atoms with E-state index in [1.807, 2.05) is 0 Å². The SMILES string of the molecule is O=C(COc1ccccc1/C=N/Nc1ccc([N+](=O)[O-])cn1)Nc1ccc(F)cc1. The number of nitrogens with zero attached hydrogens (tertiary/aromatic N) is 3. The van der Waals surface area contributed by atoms with Crippen LogP contribution in [0.1, 0.15) is 5.56 Å². The number of halogens is 1. The largest absolute Gasteiger partial charge is 0.483 e.